The van der Waals surface area contributed by atoms with Crippen LogP contribution in [0, 0.1) is 27.0 Å². The number of nitrogens with one attached hydrogen (secondary N) is 14. The molecule has 0 aromatic heterocycles. The molecule has 26 N–H and O–H groups in total. The summed E-state index contributed by atoms with van der Waals surface area (Å²) in [6.45, 7) is 0.774. The van der Waals surface area contributed by atoms with Gasteiger partial charge in [-0.15, -0.1) is 0 Å². The highest BCUT2D eigenvalue weighted by Crippen LogP contribution is 2.26. The fraction of sp³-hybridized carbons (Fsp3) is 0.406. The average molecular weight is 1350 g/mol. The minimum Gasteiger partial charge on any atom is -0.496 e. The lowest BCUT2D eigenvalue weighted by Gasteiger charge is -2.21. The number of ether oxygens (including phenoxy) is 4. The van der Waals surface area contributed by atoms with Gasteiger partial charge in [-0.05, 0) is 122 Å². The van der Waals surface area contributed by atoms with Crippen molar-refractivity contribution in [2.75, 3.05) is 61.2 Å². The van der Waals surface area contributed by atoms with Gasteiger partial charge in [0.1, 0.15) is 23.0 Å². The fourth-order valence-electron chi connectivity index (χ4n) is 10.1. The molecule has 0 fully saturated rings. The monoisotopic (exact) mass is 1350 g/mol. The molecule has 33 heteroatoms. The van der Waals surface area contributed by atoms with Crippen LogP contribution in [0.2, 0.25) is 0 Å². The molecule has 0 saturated heterocycles. The number of rotatable bonds is 43. The maximum Gasteiger partial charge on any atom is 0.255 e. The molecule has 0 saturated carbocycles. The molecular weight excluding hydrogens is 1260 g/mol. The van der Waals surface area contributed by atoms with Crippen molar-refractivity contribution >= 4 is 82.5 Å². The smallest absolute Gasteiger partial charge is 0.255 e. The Balaban J connectivity index is 1.61. The highest BCUT2D eigenvalue weighted by atomic mass is 16.5. The largest absolute Gasteiger partial charge is 0.496 e. The van der Waals surface area contributed by atoms with Gasteiger partial charge in [-0.3, -0.25) is 70.2 Å². The third-order valence-electron chi connectivity index (χ3n) is 15.0. The summed E-state index contributed by atoms with van der Waals surface area (Å²) >= 11 is 0. The van der Waals surface area contributed by atoms with Crippen LogP contribution in [0.15, 0.2) is 72.8 Å². The van der Waals surface area contributed by atoms with Crippen LogP contribution in [0.5, 0.6) is 23.0 Å². The Hall–Kier alpha value is -11.5. The van der Waals surface area contributed by atoms with E-state index in [0.717, 1.165) is 0 Å². The van der Waals surface area contributed by atoms with Crippen molar-refractivity contribution in [2.45, 2.75) is 108 Å². The van der Waals surface area contributed by atoms with Crippen molar-refractivity contribution < 1.29 is 62.1 Å². The SMILES string of the molecule is COc1ccc(CC(=O)[C@@H](CCCNC(=N)N)NC(=O)c2cc(CC(=O)[C@@H](CCCNC(=N)N)NC(=O)c3cc(CC(=O)[C@@H](CCCNC(=N)N)NC(=O)c4cc(CC(=O)[C@@H](CCCNC(=N)N)NC(=O)CCNC(=N)N)ccc4OC)ccc3OC)ccc2OC)cc1C(N)=O. The second kappa shape index (κ2) is 39.9. The molecule has 4 aromatic carbocycles. The zero-order chi connectivity index (χ0) is 71.7. The van der Waals surface area contributed by atoms with Crippen LogP contribution in [0.3, 0.4) is 0 Å². The summed E-state index contributed by atoms with van der Waals surface area (Å²) in [5.41, 5.74) is 34.2. The molecule has 5 amide bonds. The molecule has 0 aliphatic rings. The molecule has 4 atom stereocenters. The number of Topliss-reactive ketones (excluding diaryl/α,β-unsaturated/α-hetero) is 4. The first-order valence-electron chi connectivity index (χ1n) is 30.9. The first kappa shape index (κ1) is 77.9. The molecule has 97 heavy (non-hydrogen) atoms. The van der Waals surface area contributed by atoms with Gasteiger partial charge in [0.05, 0.1) is 74.9 Å². The Morgan fingerprint density at radius 3 is 0.835 bits per heavy atom. The van der Waals surface area contributed by atoms with Crippen LogP contribution < -0.4 is 101 Å². The Kier molecular flexibility index (Phi) is 32.0. The van der Waals surface area contributed by atoms with Crippen molar-refractivity contribution in [3.05, 3.63) is 117 Å². The van der Waals surface area contributed by atoms with Crippen molar-refractivity contribution in [1.82, 2.24) is 47.9 Å². The molecule has 0 spiro atoms. The normalized spacial score (nSPS) is 11.9. The van der Waals surface area contributed by atoms with E-state index in [1.807, 2.05) is 0 Å². The minimum absolute atomic E-state index is 0.0259. The number of amides is 5. The van der Waals surface area contributed by atoms with E-state index in [1.165, 1.54) is 77.0 Å². The number of guanidine groups is 5. The van der Waals surface area contributed by atoms with Gasteiger partial charge in [0.25, 0.3) is 23.6 Å². The Bertz CT molecular complexity index is 3530. The fourth-order valence-corrected chi connectivity index (χ4v) is 10.1. The summed E-state index contributed by atoms with van der Waals surface area (Å²) in [7, 11) is 5.35. The maximum absolute atomic E-state index is 14.5. The molecule has 0 heterocycles. The third kappa shape index (κ3) is 26.8. The zero-order valence-corrected chi connectivity index (χ0v) is 54.7. The van der Waals surface area contributed by atoms with Gasteiger partial charge in [0.15, 0.2) is 52.9 Å². The molecule has 0 aliphatic carbocycles. The van der Waals surface area contributed by atoms with E-state index >= 15 is 0 Å². The van der Waals surface area contributed by atoms with Crippen LogP contribution >= 0.6 is 0 Å². The van der Waals surface area contributed by atoms with Crippen molar-refractivity contribution in [3.8, 4) is 23.0 Å². The van der Waals surface area contributed by atoms with E-state index in [1.54, 1.807) is 24.3 Å². The predicted octanol–water partition coefficient (Wildman–Crippen LogP) is -0.927. The van der Waals surface area contributed by atoms with Gasteiger partial charge in [-0.2, -0.15) is 0 Å². The van der Waals surface area contributed by atoms with Crippen LogP contribution in [0.1, 0.15) is 121 Å². The lowest BCUT2D eigenvalue weighted by molar-refractivity contribution is -0.127. The van der Waals surface area contributed by atoms with Crippen molar-refractivity contribution in [1.29, 1.82) is 27.0 Å². The Morgan fingerprint density at radius 1 is 0.351 bits per heavy atom. The first-order valence-corrected chi connectivity index (χ1v) is 30.9. The van der Waals surface area contributed by atoms with E-state index in [0.29, 0.717) is 28.7 Å². The predicted molar refractivity (Wildman–Crippen MR) is 362 cm³/mol. The number of ketones is 4. The topological polar surface area (TPSA) is 574 Å². The summed E-state index contributed by atoms with van der Waals surface area (Å²) in [6.07, 6.45) is 0.139. The van der Waals surface area contributed by atoms with Crippen LogP contribution in [0.25, 0.3) is 0 Å². The van der Waals surface area contributed by atoms with E-state index in [-0.39, 0.29) is 185 Å². The van der Waals surface area contributed by atoms with Gasteiger partial charge >= 0.3 is 0 Å². The number of carbonyl (C=O) groups excluding carboxylic acids is 9. The number of benzene rings is 4. The summed E-state index contributed by atoms with van der Waals surface area (Å²) in [5.74, 6) is -6.47. The van der Waals surface area contributed by atoms with Crippen LogP contribution in [0.4, 0.5) is 0 Å². The lowest BCUT2D eigenvalue weighted by Crippen LogP contribution is -2.43. The highest BCUT2D eigenvalue weighted by molar-refractivity contribution is 6.04. The molecule has 524 valence electrons. The highest BCUT2D eigenvalue weighted by Gasteiger charge is 2.30. The molecule has 0 radical (unpaired) electrons. The molecule has 0 aliphatic heterocycles. The number of nitrogens with two attached hydrogens (primary N) is 6. The lowest BCUT2D eigenvalue weighted by atomic mass is 9.96. The summed E-state index contributed by atoms with van der Waals surface area (Å²) < 4.78 is 21.9. The van der Waals surface area contributed by atoms with Gasteiger partial charge < -0.3 is 101 Å². The van der Waals surface area contributed by atoms with E-state index in [2.05, 4.69) is 47.9 Å². The third-order valence-corrected chi connectivity index (χ3v) is 15.0. The second-order valence-electron chi connectivity index (χ2n) is 22.3. The number of primary amides is 1. The summed E-state index contributed by atoms with van der Waals surface area (Å²) in [5, 5.41) is 61.9. The van der Waals surface area contributed by atoms with E-state index in [9.17, 15) is 43.2 Å². The summed E-state index contributed by atoms with van der Waals surface area (Å²) in [6, 6.07) is 13.3. The molecule has 4 aromatic rings. The Labute approximate surface area is 561 Å². The minimum atomic E-state index is -1.21. The molecule has 33 nitrogen and oxygen atoms in total. The van der Waals surface area contributed by atoms with E-state index < -0.39 is 76.8 Å². The maximum atomic E-state index is 14.5. The van der Waals surface area contributed by atoms with Crippen LogP contribution in [-0.2, 0) is 49.7 Å². The van der Waals surface area contributed by atoms with Gasteiger partial charge in [0, 0.05) is 64.8 Å². The Morgan fingerprint density at radius 2 is 0.588 bits per heavy atom. The van der Waals surface area contributed by atoms with Gasteiger partial charge in [-0.25, -0.2) is 0 Å². The second-order valence-corrected chi connectivity index (χ2v) is 22.3. The number of hydrogen-bond donors (Lipinski definition) is 20. The van der Waals surface area contributed by atoms with Gasteiger partial charge in [-0.1, -0.05) is 24.3 Å². The van der Waals surface area contributed by atoms with E-state index in [4.69, 9.17) is 80.4 Å². The number of methoxy groups -OCH3 is 4. The quantitative estimate of drug-likeness (QED) is 0.0145. The standard InChI is InChI=1S/C64H90N20O13/c1-94-51-17-13-35(27-39(51)56(65)90)31-48(86)44(10-6-23-77-61(68)69)82-58(92)41-29-37(15-19-53(41)96-3)33-50(88)46(12-8-25-79-63(72)73)84-59(93)42-30-38(16-20-54(42)97-4)34-49(87)45(11-7-24-78-62(70)71)83-57(91)40-28-36(14-18-52(40)95-2)32-47(85)43(9-5-22-76-60(66)67)81-55(89)21-26-80-64(74)75/h13-20,27-30,43-46H,5-12,21-26,31-34H2,1-4H3,(H2,65,90)(H,81,89)(H,82,92)(H,83,91)(H,84,93)(H4,66,67,76)(H4,68,69,77)(H4,70,71,78)(H4,72,73,79)(H4,74,75,80)/t43-,44-,45-,46-/m1/s1. The molecule has 0 unspecified atom stereocenters. The molecule has 0 bridgehead atoms. The first-order chi connectivity index (χ1) is 46.2. The molecule has 4 rings (SSSR count). The molecular formula is C64H90N20O13. The van der Waals surface area contributed by atoms with Crippen LogP contribution in [-0.4, -0.2) is 168 Å². The van der Waals surface area contributed by atoms with Crippen molar-refractivity contribution in [3.63, 3.8) is 0 Å². The zero-order valence-electron chi connectivity index (χ0n) is 54.7. The number of carbonyl (C=O) groups is 9. The van der Waals surface area contributed by atoms with Crippen molar-refractivity contribution in [2.24, 2.45) is 34.4 Å². The number of hydrogen-bond acceptors (Lipinski definition) is 18. The summed E-state index contributed by atoms with van der Waals surface area (Å²) in [4.78, 5) is 125. The van der Waals surface area contributed by atoms with Gasteiger partial charge in [0.2, 0.25) is 5.91 Å². The average Bonchev–Trinajstić information content (AvgIpc) is 0.854.